The third-order valence-electron chi connectivity index (χ3n) is 4.50. The number of piperidine rings is 1. The fourth-order valence-corrected chi connectivity index (χ4v) is 3.06. The molecule has 1 aromatic carbocycles. The summed E-state index contributed by atoms with van der Waals surface area (Å²) in [5.41, 5.74) is 2.04. The van der Waals surface area contributed by atoms with E-state index in [2.05, 4.69) is 37.5 Å². The maximum Gasteiger partial charge on any atom is 0.322 e. The van der Waals surface area contributed by atoms with Gasteiger partial charge in [0.05, 0.1) is 0 Å². The predicted octanol–water partition coefficient (Wildman–Crippen LogP) is 3.76. The molecule has 4 nitrogen and oxygen atoms in total. The van der Waals surface area contributed by atoms with Gasteiger partial charge in [-0.05, 0) is 64.8 Å². The molecule has 0 aliphatic carbocycles. The van der Waals surface area contributed by atoms with Gasteiger partial charge in [-0.15, -0.1) is 0 Å². The average molecular weight is 289 g/mol. The number of nitrogens with zero attached hydrogens (tertiary/aromatic N) is 1. The van der Waals surface area contributed by atoms with Crippen molar-refractivity contribution in [2.45, 2.75) is 58.2 Å². The molecule has 21 heavy (non-hydrogen) atoms. The van der Waals surface area contributed by atoms with Crippen LogP contribution < -0.4 is 10.6 Å². The van der Waals surface area contributed by atoms with Crippen molar-refractivity contribution in [2.24, 2.45) is 0 Å². The van der Waals surface area contributed by atoms with Gasteiger partial charge in [0.25, 0.3) is 0 Å². The van der Waals surface area contributed by atoms with Crippen LogP contribution in [0.2, 0.25) is 0 Å². The number of nitrogens with one attached hydrogen (secondary N) is 2. The molecule has 3 atom stereocenters. The zero-order valence-electron chi connectivity index (χ0n) is 13.5. The third-order valence-corrected chi connectivity index (χ3v) is 4.50. The number of rotatable bonds is 3. The molecule has 116 valence electrons. The molecular weight excluding hydrogens is 262 g/mol. The highest BCUT2D eigenvalue weighted by atomic mass is 16.2. The summed E-state index contributed by atoms with van der Waals surface area (Å²) in [4.78, 5) is 14.5. The van der Waals surface area contributed by atoms with Gasteiger partial charge >= 0.3 is 6.03 Å². The quantitative estimate of drug-likeness (QED) is 0.890. The van der Waals surface area contributed by atoms with Crippen molar-refractivity contribution in [1.82, 2.24) is 10.2 Å². The fraction of sp³-hybridized carbons (Fsp3) is 0.588. The van der Waals surface area contributed by atoms with Crippen LogP contribution in [0.15, 0.2) is 24.3 Å². The van der Waals surface area contributed by atoms with E-state index < -0.39 is 0 Å². The van der Waals surface area contributed by atoms with E-state index in [0.29, 0.717) is 12.1 Å². The number of carbonyl (C=O) groups is 1. The molecule has 0 saturated carbocycles. The molecule has 2 N–H and O–H groups in total. The van der Waals surface area contributed by atoms with Crippen LogP contribution in [0.3, 0.4) is 0 Å². The van der Waals surface area contributed by atoms with E-state index in [1.54, 1.807) is 0 Å². The van der Waals surface area contributed by atoms with E-state index in [4.69, 9.17) is 0 Å². The first-order valence-corrected chi connectivity index (χ1v) is 7.89. The number of carbonyl (C=O) groups excluding carboxylic acids is 1. The highest BCUT2D eigenvalue weighted by Gasteiger charge is 2.28. The van der Waals surface area contributed by atoms with E-state index in [1.807, 2.05) is 30.1 Å². The number of amides is 2. The van der Waals surface area contributed by atoms with Crippen LogP contribution in [0.25, 0.3) is 0 Å². The monoisotopic (exact) mass is 289 g/mol. The molecule has 3 unspecified atom stereocenters. The van der Waals surface area contributed by atoms with Gasteiger partial charge < -0.3 is 15.5 Å². The normalized spacial score (nSPS) is 23.7. The highest BCUT2D eigenvalue weighted by Crippen LogP contribution is 2.24. The molecule has 4 heteroatoms. The Labute approximate surface area is 127 Å². The van der Waals surface area contributed by atoms with Gasteiger partial charge in [-0.1, -0.05) is 12.1 Å². The van der Waals surface area contributed by atoms with Gasteiger partial charge in [0, 0.05) is 23.8 Å². The van der Waals surface area contributed by atoms with Gasteiger partial charge in [-0.25, -0.2) is 4.79 Å². The zero-order valence-corrected chi connectivity index (χ0v) is 13.5. The topological polar surface area (TPSA) is 44.4 Å². The second kappa shape index (κ2) is 6.94. The highest BCUT2D eigenvalue weighted by molar-refractivity contribution is 5.89. The van der Waals surface area contributed by atoms with Crippen molar-refractivity contribution < 1.29 is 4.79 Å². The summed E-state index contributed by atoms with van der Waals surface area (Å²) < 4.78 is 0. The van der Waals surface area contributed by atoms with Crippen LogP contribution in [0.4, 0.5) is 10.5 Å². The zero-order chi connectivity index (χ0) is 15.4. The summed E-state index contributed by atoms with van der Waals surface area (Å²) >= 11 is 0. The standard InChI is InChI=1S/C17H27N3O/c1-12-7-5-8-13(2)20(12)17(21)19-16-10-6-9-15(11-16)14(3)18-4/h6,9-14,18H,5,7-8H2,1-4H3,(H,19,21). The lowest BCUT2D eigenvalue weighted by molar-refractivity contribution is 0.133. The summed E-state index contributed by atoms with van der Waals surface area (Å²) in [6.45, 7) is 6.37. The third kappa shape index (κ3) is 3.76. The first-order chi connectivity index (χ1) is 10.0. The summed E-state index contributed by atoms with van der Waals surface area (Å²) in [7, 11) is 1.94. The van der Waals surface area contributed by atoms with Gasteiger partial charge in [0.2, 0.25) is 0 Å². The van der Waals surface area contributed by atoms with Crippen molar-refractivity contribution in [3.8, 4) is 0 Å². The Morgan fingerprint density at radius 1 is 1.29 bits per heavy atom. The van der Waals surface area contributed by atoms with Crippen LogP contribution >= 0.6 is 0 Å². The minimum Gasteiger partial charge on any atom is -0.319 e. The van der Waals surface area contributed by atoms with E-state index in [9.17, 15) is 4.79 Å². The largest absolute Gasteiger partial charge is 0.322 e. The van der Waals surface area contributed by atoms with Crippen molar-refractivity contribution in [2.75, 3.05) is 12.4 Å². The molecule has 2 rings (SSSR count). The average Bonchev–Trinajstić information content (AvgIpc) is 2.46. The minimum absolute atomic E-state index is 0.0176. The van der Waals surface area contributed by atoms with Gasteiger partial charge in [0.1, 0.15) is 0 Å². The Morgan fingerprint density at radius 3 is 2.57 bits per heavy atom. The van der Waals surface area contributed by atoms with E-state index in [-0.39, 0.29) is 12.1 Å². The van der Waals surface area contributed by atoms with Crippen molar-refractivity contribution in [3.63, 3.8) is 0 Å². The van der Waals surface area contributed by atoms with Crippen LogP contribution in [-0.2, 0) is 0 Å². The second-order valence-electron chi connectivity index (χ2n) is 6.10. The maximum atomic E-state index is 12.5. The predicted molar refractivity (Wildman–Crippen MR) is 87.5 cm³/mol. The molecule has 1 aliphatic heterocycles. The lowest BCUT2D eigenvalue weighted by atomic mass is 9.98. The smallest absolute Gasteiger partial charge is 0.319 e. The molecule has 0 spiro atoms. The Kier molecular flexibility index (Phi) is 5.23. The summed E-state index contributed by atoms with van der Waals surface area (Å²) in [5.74, 6) is 0. The number of hydrogen-bond donors (Lipinski definition) is 2. The number of benzene rings is 1. The van der Waals surface area contributed by atoms with E-state index >= 15 is 0 Å². The van der Waals surface area contributed by atoms with Crippen LogP contribution in [0.1, 0.15) is 51.6 Å². The first kappa shape index (κ1) is 15.8. The molecule has 0 bridgehead atoms. The van der Waals surface area contributed by atoms with Gasteiger partial charge in [-0.3, -0.25) is 0 Å². The van der Waals surface area contributed by atoms with Crippen molar-refractivity contribution in [1.29, 1.82) is 0 Å². The van der Waals surface area contributed by atoms with Crippen LogP contribution in [0, 0.1) is 0 Å². The Balaban J connectivity index is 2.08. The first-order valence-electron chi connectivity index (χ1n) is 7.89. The number of likely N-dealkylation sites (tertiary alicyclic amines) is 1. The Hall–Kier alpha value is -1.55. The van der Waals surface area contributed by atoms with Crippen LogP contribution in [0.5, 0.6) is 0 Å². The molecule has 1 aromatic rings. The molecule has 1 heterocycles. The summed E-state index contributed by atoms with van der Waals surface area (Å²) in [6.07, 6.45) is 3.39. The minimum atomic E-state index is 0.0176. The summed E-state index contributed by atoms with van der Waals surface area (Å²) in [5, 5.41) is 6.27. The number of anilines is 1. The van der Waals surface area contributed by atoms with E-state index in [1.165, 1.54) is 12.0 Å². The molecular formula is C17H27N3O. The lowest BCUT2D eigenvalue weighted by Gasteiger charge is -2.38. The number of urea groups is 1. The van der Waals surface area contributed by atoms with Crippen LogP contribution in [-0.4, -0.2) is 30.1 Å². The fourth-order valence-electron chi connectivity index (χ4n) is 3.06. The molecule has 1 fully saturated rings. The second-order valence-corrected chi connectivity index (χ2v) is 6.10. The van der Waals surface area contributed by atoms with Crippen molar-refractivity contribution in [3.05, 3.63) is 29.8 Å². The maximum absolute atomic E-state index is 12.5. The van der Waals surface area contributed by atoms with Gasteiger partial charge in [0.15, 0.2) is 0 Å². The lowest BCUT2D eigenvalue weighted by Crippen LogP contribution is -2.49. The molecule has 1 aliphatic rings. The SMILES string of the molecule is CNC(C)c1cccc(NC(=O)N2C(C)CCCC2C)c1. The van der Waals surface area contributed by atoms with Gasteiger partial charge in [-0.2, -0.15) is 0 Å². The molecule has 0 radical (unpaired) electrons. The van der Waals surface area contributed by atoms with E-state index in [0.717, 1.165) is 18.5 Å². The molecule has 1 saturated heterocycles. The Morgan fingerprint density at radius 2 is 1.95 bits per heavy atom. The summed E-state index contributed by atoms with van der Waals surface area (Å²) in [6, 6.07) is 8.96. The Bertz CT molecular complexity index is 479. The molecule has 0 aromatic heterocycles. The van der Waals surface area contributed by atoms with Crippen molar-refractivity contribution >= 4 is 11.7 Å². The molecule has 2 amide bonds. The number of hydrogen-bond acceptors (Lipinski definition) is 2.